The molecule has 0 saturated carbocycles. The molecule has 1 fully saturated rings. The van der Waals surface area contributed by atoms with E-state index >= 15 is 0 Å². The van der Waals surface area contributed by atoms with E-state index in [9.17, 15) is 4.39 Å². The van der Waals surface area contributed by atoms with Gasteiger partial charge in [0.05, 0.1) is 12.7 Å². The minimum atomic E-state index is -0.283. The van der Waals surface area contributed by atoms with Crippen LogP contribution in [0.4, 0.5) is 10.2 Å². The Bertz CT molecular complexity index is 629. The molecule has 0 bridgehead atoms. The molecule has 1 atom stereocenters. The van der Waals surface area contributed by atoms with Crippen LogP contribution in [0.15, 0.2) is 42.6 Å². The second-order valence-corrected chi connectivity index (χ2v) is 5.59. The zero-order valence-electron chi connectivity index (χ0n) is 13.4. The van der Waals surface area contributed by atoms with Crippen LogP contribution in [-0.4, -0.2) is 60.6 Å². The molecular formula is C17H21FN4O2. The second kappa shape index (κ2) is 8.56. The Morgan fingerprint density at radius 3 is 3.12 bits per heavy atom. The number of aromatic nitrogens is 2. The molecule has 0 spiro atoms. The van der Waals surface area contributed by atoms with Gasteiger partial charge in [0.1, 0.15) is 24.0 Å². The van der Waals surface area contributed by atoms with Crippen LogP contribution in [0.5, 0.6) is 5.75 Å². The highest BCUT2D eigenvalue weighted by molar-refractivity contribution is 5.31. The summed E-state index contributed by atoms with van der Waals surface area (Å²) in [5.41, 5.74) is 0. The van der Waals surface area contributed by atoms with E-state index < -0.39 is 0 Å². The number of halogens is 1. The number of nitrogens with one attached hydrogen (secondary N) is 1. The first-order valence-corrected chi connectivity index (χ1v) is 8.03. The van der Waals surface area contributed by atoms with Crippen LogP contribution < -0.4 is 10.1 Å². The number of nitrogens with zero attached hydrogens (tertiary/aromatic N) is 3. The molecule has 2 aromatic rings. The average Bonchev–Trinajstić information content (AvgIpc) is 2.61. The molecule has 1 N–H and O–H groups in total. The molecule has 1 aromatic carbocycles. The van der Waals surface area contributed by atoms with Crippen LogP contribution >= 0.6 is 0 Å². The molecule has 0 amide bonds. The lowest BCUT2D eigenvalue weighted by Crippen LogP contribution is -2.46. The Labute approximate surface area is 140 Å². The summed E-state index contributed by atoms with van der Waals surface area (Å²) in [6, 6.07) is 9.92. The van der Waals surface area contributed by atoms with Crippen LogP contribution in [0, 0.1) is 5.82 Å². The maximum absolute atomic E-state index is 13.1. The summed E-state index contributed by atoms with van der Waals surface area (Å²) in [4.78, 5) is 2.28. The minimum Gasteiger partial charge on any atom is -0.492 e. The van der Waals surface area contributed by atoms with E-state index in [1.165, 1.54) is 12.1 Å². The van der Waals surface area contributed by atoms with Gasteiger partial charge in [0.25, 0.3) is 0 Å². The Morgan fingerprint density at radius 2 is 2.29 bits per heavy atom. The van der Waals surface area contributed by atoms with E-state index in [2.05, 4.69) is 20.4 Å². The molecule has 2 heterocycles. The molecule has 6 nitrogen and oxygen atoms in total. The Hall–Kier alpha value is -2.25. The van der Waals surface area contributed by atoms with Crippen molar-refractivity contribution in [1.82, 2.24) is 15.1 Å². The van der Waals surface area contributed by atoms with Gasteiger partial charge in [-0.1, -0.05) is 6.07 Å². The van der Waals surface area contributed by atoms with Gasteiger partial charge in [0.15, 0.2) is 0 Å². The monoisotopic (exact) mass is 332 g/mol. The van der Waals surface area contributed by atoms with Crippen molar-refractivity contribution in [3.05, 3.63) is 48.4 Å². The molecule has 0 radical (unpaired) electrons. The van der Waals surface area contributed by atoms with Crippen molar-refractivity contribution in [1.29, 1.82) is 0 Å². The van der Waals surface area contributed by atoms with Gasteiger partial charge in [-0.3, -0.25) is 4.90 Å². The molecule has 1 aliphatic rings. The number of anilines is 1. The van der Waals surface area contributed by atoms with Gasteiger partial charge in [-0.15, -0.1) is 5.10 Å². The summed E-state index contributed by atoms with van der Waals surface area (Å²) >= 11 is 0. The lowest BCUT2D eigenvalue weighted by atomic mass is 10.2. The maximum atomic E-state index is 13.1. The van der Waals surface area contributed by atoms with E-state index in [1.54, 1.807) is 18.3 Å². The summed E-state index contributed by atoms with van der Waals surface area (Å²) in [6.07, 6.45) is 1.73. The summed E-state index contributed by atoms with van der Waals surface area (Å²) in [5.74, 6) is 1.02. The predicted octanol–water partition coefficient (Wildman–Crippen LogP) is 1.81. The Kier molecular flexibility index (Phi) is 5.92. The normalized spacial score (nSPS) is 18.3. The molecule has 7 heteroatoms. The average molecular weight is 332 g/mol. The van der Waals surface area contributed by atoms with Gasteiger partial charge in [-0.25, -0.2) is 4.39 Å². The molecular weight excluding hydrogens is 311 g/mol. The maximum Gasteiger partial charge on any atom is 0.148 e. The van der Waals surface area contributed by atoms with Crippen molar-refractivity contribution < 1.29 is 13.9 Å². The molecule has 3 rings (SSSR count). The van der Waals surface area contributed by atoms with Crippen molar-refractivity contribution >= 4 is 5.82 Å². The Morgan fingerprint density at radius 1 is 1.33 bits per heavy atom. The quantitative estimate of drug-likeness (QED) is 0.834. The van der Waals surface area contributed by atoms with Crippen molar-refractivity contribution in [3.63, 3.8) is 0 Å². The molecule has 24 heavy (non-hydrogen) atoms. The molecule has 1 saturated heterocycles. The van der Waals surface area contributed by atoms with Crippen LogP contribution in [0.3, 0.4) is 0 Å². The molecule has 0 aliphatic carbocycles. The first-order valence-electron chi connectivity index (χ1n) is 8.03. The molecule has 1 aromatic heterocycles. The van der Waals surface area contributed by atoms with E-state index in [1.807, 2.05) is 12.1 Å². The first kappa shape index (κ1) is 16.6. The fourth-order valence-electron chi connectivity index (χ4n) is 2.57. The highest BCUT2D eigenvalue weighted by atomic mass is 19.1. The number of hydrogen-bond donors (Lipinski definition) is 1. The van der Waals surface area contributed by atoms with Crippen molar-refractivity contribution in [2.24, 2.45) is 0 Å². The number of morpholine rings is 1. The van der Waals surface area contributed by atoms with Crippen molar-refractivity contribution in [3.8, 4) is 5.75 Å². The zero-order chi connectivity index (χ0) is 16.6. The van der Waals surface area contributed by atoms with Crippen LogP contribution in [-0.2, 0) is 4.74 Å². The summed E-state index contributed by atoms with van der Waals surface area (Å²) < 4.78 is 24.5. The predicted molar refractivity (Wildman–Crippen MR) is 88.6 cm³/mol. The Balaban J connectivity index is 1.39. The summed E-state index contributed by atoms with van der Waals surface area (Å²) in [6.45, 7) is 4.36. The first-order chi connectivity index (χ1) is 11.8. The largest absolute Gasteiger partial charge is 0.492 e. The lowest BCUT2D eigenvalue weighted by Gasteiger charge is -2.32. The van der Waals surface area contributed by atoms with Gasteiger partial charge in [0, 0.05) is 38.4 Å². The van der Waals surface area contributed by atoms with Gasteiger partial charge in [-0.2, -0.15) is 5.10 Å². The topological polar surface area (TPSA) is 59.5 Å². The van der Waals surface area contributed by atoms with Crippen LogP contribution in [0.2, 0.25) is 0 Å². The standard InChI is InChI=1S/C17H21FN4O2/c18-14-3-1-4-15(11-14)23-9-7-22-8-10-24-16(13-22)12-19-17-5-2-6-20-21-17/h1-6,11,16H,7-10,12-13H2,(H,19,21). The van der Waals surface area contributed by atoms with Gasteiger partial charge in [0.2, 0.25) is 0 Å². The SMILES string of the molecule is Fc1cccc(OCCN2CCOC(CNc3cccnn3)C2)c1. The van der Waals surface area contributed by atoms with Crippen LogP contribution in [0.1, 0.15) is 0 Å². The number of ether oxygens (including phenoxy) is 2. The third-order valence-corrected chi connectivity index (χ3v) is 3.78. The zero-order valence-corrected chi connectivity index (χ0v) is 13.4. The van der Waals surface area contributed by atoms with Gasteiger partial charge < -0.3 is 14.8 Å². The fourth-order valence-corrected chi connectivity index (χ4v) is 2.57. The second-order valence-electron chi connectivity index (χ2n) is 5.59. The van der Waals surface area contributed by atoms with Crippen molar-refractivity contribution in [2.45, 2.75) is 6.10 Å². The molecule has 128 valence electrons. The van der Waals surface area contributed by atoms with Gasteiger partial charge >= 0.3 is 0 Å². The fraction of sp³-hybridized carbons (Fsp3) is 0.412. The highest BCUT2D eigenvalue weighted by Gasteiger charge is 2.20. The third kappa shape index (κ3) is 5.14. The molecule has 1 aliphatic heterocycles. The molecule has 1 unspecified atom stereocenters. The minimum absolute atomic E-state index is 0.0925. The van der Waals surface area contributed by atoms with E-state index in [0.717, 1.165) is 25.5 Å². The van der Waals surface area contributed by atoms with E-state index in [4.69, 9.17) is 9.47 Å². The van der Waals surface area contributed by atoms with Crippen LogP contribution in [0.25, 0.3) is 0 Å². The third-order valence-electron chi connectivity index (χ3n) is 3.78. The lowest BCUT2D eigenvalue weighted by molar-refractivity contribution is -0.0242. The van der Waals surface area contributed by atoms with E-state index in [-0.39, 0.29) is 11.9 Å². The summed E-state index contributed by atoms with van der Waals surface area (Å²) in [7, 11) is 0. The number of benzene rings is 1. The van der Waals surface area contributed by atoms with E-state index in [0.29, 0.717) is 25.5 Å². The number of rotatable bonds is 7. The number of hydrogen-bond acceptors (Lipinski definition) is 6. The highest BCUT2D eigenvalue weighted by Crippen LogP contribution is 2.12. The smallest absolute Gasteiger partial charge is 0.148 e. The summed E-state index contributed by atoms with van der Waals surface area (Å²) in [5, 5.41) is 11.0. The van der Waals surface area contributed by atoms with Crippen molar-refractivity contribution in [2.75, 3.05) is 44.7 Å². The van der Waals surface area contributed by atoms with Gasteiger partial charge in [-0.05, 0) is 24.3 Å².